The van der Waals surface area contributed by atoms with Gasteiger partial charge in [0, 0.05) is 29.4 Å². The van der Waals surface area contributed by atoms with E-state index in [9.17, 15) is 14.9 Å². The fraction of sp³-hybridized carbons (Fsp3) is 0.286. The van der Waals surface area contributed by atoms with E-state index in [1.165, 1.54) is 6.07 Å². The summed E-state index contributed by atoms with van der Waals surface area (Å²) in [5.41, 5.74) is 2.07. The number of nitrogens with zero attached hydrogens (tertiary/aromatic N) is 3. The van der Waals surface area contributed by atoms with Crippen LogP contribution >= 0.6 is 0 Å². The molecule has 0 unspecified atom stereocenters. The minimum absolute atomic E-state index is 0.0263. The maximum atomic E-state index is 11.1. The number of hydrogen-bond acceptors (Lipinski definition) is 4. The lowest BCUT2D eigenvalue weighted by molar-refractivity contribution is -0.385. The van der Waals surface area contributed by atoms with Crippen molar-refractivity contribution in [3.63, 3.8) is 0 Å². The van der Waals surface area contributed by atoms with Crippen LogP contribution in [0.2, 0.25) is 0 Å². The second-order valence-electron chi connectivity index (χ2n) is 4.88. The number of nitro benzene ring substituents is 1. The number of carbonyl (C=O) groups is 1. The van der Waals surface area contributed by atoms with E-state index in [1.807, 2.05) is 13.8 Å². The Kier molecular flexibility index (Phi) is 3.65. The number of aldehydes is 1. The lowest BCUT2D eigenvalue weighted by atomic mass is 10.1. The van der Waals surface area contributed by atoms with Crippen LogP contribution in [0.4, 0.5) is 5.69 Å². The first kappa shape index (κ1) is 13.9. The van der Waals surface area contributed by atoms with Crippen LogP contribution in [0.15, 0.2) is 24.4 Å². The van der Waals surface area contributed by atoms with Gasteiger partial charge in [0.25, 0.3) is 5.69 Å². The molecule has 0 saturated carbocycles. The van der Waals surface area contributed by atoms with Gasteiger partial charge in [0.1, 0.15) is 5.69 Å². The Labute approximate surface area is 116 Å². The van der Waals surface area contributed by atoms with Crippen molar-refractivity contribution in [2.45, 2.75) is 26.8 Å². The fourth-order valence-corrected chi connectivity index (χ4v) is 1.93. The van der Waals surface area contributed by atoms with Crippen LogP contribution in [0.25, 0.3) is 11.3 Å². The largest absolute Gasteiger partial charge is 0.298 e. The van der Waals surface area contributed by atoms with Gasteiger partial charge in [0.15, 0.2) is 6.29 Å². The van der Waals surface area contributed by atoms with E-state index in [-0.39, 0.29) is 11.7 Å². The minimum atomic E-state index is -0.432. The third-order valence-corrected chi connectivity index (χ3v) is 3.10. The summed E-state index contributed by atoms with van der Waals surface area (Å²) >= 11 is 0. The van der Waals surface area contributed by atoms with Gasteiger partial charge in [-0.3, -0.25) is 19.6 Å². The smallest absolute Gasteiger partial charge is 0.272 e. The Hall–Kier alpha value is -2.50. The van der Waals surface area contributed by atoms with Gasteiger partial charge in [-0.05, 0) is 20.8 Å². The number of aromatic nitrogens is 2. The molecule has 1 aromatic heterocycles. The number of benzene rings is 1. The first-order valence-electron chi connectivity index (χ1n) is 6.23. The zero-order chi connectivity index (χ0) is 14.9. The van der Waals surface area contributed by atoms with E-state index in [0.29, 0.717) is 28.7 Å². The van der Waals surface area contributed by atoms with Crippen molar-refractivity contribution in [2.24, 2.45) is 0 Å². The van der Waals surface area contributed by atoms with Crippen molar-refractivity contribution in [1.29, 1.82) is 0 Å². The molecular weight excluding hydrogens is 258 g/mol. The predicted octanol–water partition coefficient (Wildman–Crippen LogP) is 3.16. The fourth-order valence-electron chi connectivity index (χ4n) is 1.93. The lowest BCUT2D eigenvalue weighted by Gasteiger charge is -2.04. The molecule has 0 aliphatic carbocycles. The Balaban J connectivity index is 2.59. The van der Waals surface area contributed by atoms with Gasteiger partial charge >= 0.3 is 0 Å². The molecular formula is C14H15N3O3. The highest BCUT2D eigenvalue weighted by atomic mass is 16.6. The molecule has 0 atom stereocenters. The van der Waals surface area contributed by atoms with E-state index in [1.54, 1.807) is 29.9 Å². The maximum Gasteiger partial charge on any atom is 0.272 e. The third kappa shape index (κ3) is 2.45. The minimum Gasteiger partial charge on any atom is -0.298 e. The second kappa shape index (κ2) is 5.24. The highest BCUT2D eigenvalue weighted by molar-refractivity contribution is 5.85. The molecule has 0 aliphatic rings. The van der Waals surface area contributed by atoms with Gasteiger partial charge in [-0.2, -0.15) is 5.10 Å². The molecule has 0 aliphatic heterocycles. The number of carbonyl (C=O) groups excluding carboxylic acids is 1. The molecule has 104 valence electrons. The third-order valence-electron chi connectivity index (χ3n) is 3.10. The summed E-state index contributed by atoms with van der Waals surface area (Å²) in [5.74, 6) is 0. The van der Waals surface area contributed by atoms with E-state index >= 15 is 0 Å². The molecule has 0 amide bonds. The van der Waals surface area contributed by atoms with Gasteiger partial charge in [0.2, 0.25) is 0 Å². The van der Waals surface area contributed by atoms with Crippen LogP contribution in [-0.4, -0.2) is 21.0 Å². The zero-order valence-corrected chi connectivity index (χ0v) is 11.5. The van der Waals surface area contributed by atoms with Crippen molar-refractivity contribution in [3.8, 4) is 11.3 Å². The molecule has 6 heteroatoms. The number of rotatable bonds is 4. The van der Waals surface area contributed by atoms with Crippen molar-refractivity contribution in [3.05, 3.63) is 45.6 Å². The van der Waals surface area contributed by atoms with Crippen LogP contribution in [0, 0.1) is 17.0 Å². The summed E-state index contributed by atoms with van der Waals surface area (Å²) in [6, 6.07) is 4.97. The van der Waals surface area contributed by atoms with E-state index in [4.69, 9.17) is 0 Å². The summed E-state index contributed by atoms with van der Waals surface area (Å²) < 4.78 is 1.67. The van der Waals surface area contributed by atoms with Crippen molar-refractivity contribution < 1.29 is 9.72 Å². The summed E-state index contributed by atoms with van der Waals surface area (Å²) in [5, 5.41) is 15.3. The van der Waals surface area contributed by atoms with E-state index in [2.05, 4.69) is 5.10 Å². The molecule has 0 saturated heterocycles. The standard InChI is InChI=1S/C14H15N3O3/c1-9(2)16-7-12(8-18)14(15-16)11-5-4-10(3)13(6-11)17(19)20/h4-9H,1-3H3. The highest BCUT2D eigenvalue weighted by Crippen LogP contribution is 2.28. The molecule has 0 bridgehead atoms. The molecule has 2 aromatic rings. The second-order valence-corrected chi connectivity index (χ2v) is 4.88. The maximum absolute atomic E-state index is 11.1. The topological polar surface area (TPSA) is 78.0 Å². The molecule has 1 aromatic carbocycles. The van der Waals surface area contributed by atoms with Gasteiger partial charge < -0.3 is 0 Å². The monoisotopic (exact) mass is 273 g/mol. The number of hydrogen-bond donors (Lipinski definition) is 0. The molecule has 0 N–H and O–H groups in total. The Bertz CT molecular complexity index is 674. The average molecular weight is 273 g/mol. The normalized spacial score (nSPS) is 10.8. The van der Waals surface area contributed by atoms with Crippen LogP contribution < -0.4 is 0 Å². The Morgan fingerprint density at radius 3 is 2.65 bits per heavy atom. The van der Waals surface area contributed by atoms with Gasteiger partial charge in [0.05, 0.1) is 10.5 Å². The van der Waals surface area contributed by atoms with Crippen LogP contribution in [0.3, 0.4) is 0 Å². The molecule has 2 rings (SSSR count). The molecule has 20 heavy (non-hydrogen) atoms. The van der Waals surface area contributed by atoms with Gasteiger partial charge in [-0.15, -0.1) is 0 Å². The number of nitro groups is 1. The summed E-state index contributed by atoms with van der Waals surface area (Å²) in [7, 11) is 0. The van der Waals surface area contributed by atoms with Crippen LogP contribution in [-0.2, 0) is 0 Å². The molecule has 6 nitrogen and oxygen atoms in total. The Morgan fingerprint density at radius 1 is 1.40 bits per heavy atom. The van der Waals surface area contributed by atoms with Crippen molar-refractivity contribution in [1.82, 2.24) is 9.78 Å². The Morgan fingerprint density at radius 2 is 2.10 bits per heavy atom. The van der Waals surface area contributed by atoms with Gasteiger partial charge in [-0.1, -0.05) is 12.1 Å². The summed E-state index contributed by atoms with van der Waals surface area (Å²) in [6.07, 6.45) is 2.37. The molecule has 0 radical (unpaired) electrons. The zero-order valence-electron chi connectivity index (χ0n) is 11.5. The first-order valence-corrected chi connectivity index (χ1v) is 6.23. The predicted molar refractivity (Wildman–Crippen MR) is 74.8 cm³/mol. The highest BCUT2D eigenvalue weighted by Gasteiger charge is 2.17. The van der Waals surface area contributed by atoms with E-state index in [0.717, 1.165) is 0 Å². The van der Waals surface area contributed by atoms with Crippen molar-refractivity contribution >= 4 is 12.0 Å². The molecule has 0 fully saturated rings. The van der Waals surface area contributed by atoms with Crippen LogP contribution in [0.5, 0.6) is 0 Å². The van der Waals surface area contributed by atoms with Crippen molar-refractivity contribution in [2.75, 3.05) is 0 Å². The average Bonchev–Trinajstić information content (AvgIpc) is 2.83. The lowest BCUT2D eigenvalue weighted by Crippen LogP contribution is -2.00. The molecule has 1 heterocycles. The first-order chi connectivity index (χ1) is 9.43. The number of aryl methyl sites for hydroxylation is 1. The van der Waals surface area contributed by atoms with Crippen LogP contribution in [0.1, 0.15) is 35.8 Å². The van der Waals surface area contributed by atoms with E-state index < -0.39 is 4.92 Å². The van der Waals surface area contributed by atoms with Gasteiger partial charge in [-0.25, -0.2) is 0 Å². The SMILES string of the molecule is Cc1ccc(-c2nn(C(C)C)cc2C=O)cc1[N+](=O)[O-]. The molecule has 0 spiro atoms. The summed E-state index contributed by atoms with van der Waals surface area (Å²) in [4.78, 5) is 21.7. The summed E-state index contributed by atoms with van der Waals surface area (Å²) in [6.45, 7) is 5.57. The quantitative estimate of drug-likeness (QED) is 0.487.